The number of esters is 1. The van der Waals surface area contributed by atoms with Crippen LogP contribution in [-0.2, 0) is 14.9 Å². The van der Waals surface area contributed by atoms with Gasteiger partial charge in [0.05, 0.1) is 25.2 Å². The van der Waals surface area contributed by atoms with E-state index in [1.807, 2.05) is 6.07 Å². The number of piperidine rings is 1. The molecular weight excluding hydrogens is 332 g/mol. The highest BCUT2D eigenvalue weighted by atomic mass is 16.5. The lowest BCUT2D eigenvalue weighted by Crippen LogP contribution is -2.72. The second-order valence-electron chi connectivity index (χ2n) is 8.50. The number of fused-ring (bicyclic) bond motifs is 2. The third-order valence-electron chi connectivity index (χ3n) is 7.71. The predicted octanol–water partition coefficient (Wildman–Crippen LogP) is 0.727. The highest BCUT2D eigenvalue weighted by Crippen LogP contribution is 2.62. The lowest BCUT2D eigenvalue weighted by atomic mass is 9.53. The molecule has 140 valence electrons. The first-order valence-corrected chi connectivity index (χ1v) is 9.52. The van der Waals surface area contributed by atoms with Gasteiger partial charge in [-0.15, -0.1) is 0 Å². The molecule has 6 nitrogen and oxygen atoms in total. The molecule has 3 N–H and O–H groups in total. The van der Waals surface area contributed by atoms with Gasteiger partial charge in [-0.3, -0.25) is 9.69 Å². The molecule has 1 aromatic rings. The van der Waals surface area contributed by atoms with Gasteiger partial charge in [-0.25, -0.2) is 0 Å². The molecule has 1 spiro atoms. The van der Waals surface area contributed by atoms with Gasteiger partial charge in [0.25, 0.3) is 0 Å². The Hall–Kier alpha value is -1.63. The van der Waals surface area contributed by atoms with Crippen molar-refractivity contribution >= 4 is 11.7 Å². The molecule has 3 fully saturated rings. The van der Waals surface area contributed by atoms with Crippen molar-refractivity contribution in [2.45, 2.75) is 49.0 Å². The van der Waals surface area contributed by atoms with Crippen molar-refractivity contribution in [3.63, 3.8) is 0 Å². The fraction of sp³-hybridized carbons (Fsp3) is 0.650. The summed E-state index contributed by atoms with van der Waals surface area (Å²) in [6.07, 6.45) is 0.744. The molecule has 1 unspecified atom stereocenters. The van der Waals surface area contributed by atoms with Crippen molar-refractivity contribution in [2.24, 2.45) is 11.8 Å². The SMILES string of the molecule is COC(=O)[C@@H]1[C@H]2C[C@@H]3N(CC[C@@]34c3ccccc3N[C@@H]14)C[C@@]2(O)C(C)O. The van der Waals surface area contributed by atoms with E-state index in [2.05, 4.69) is 28.4 Å². The second-order valence-corrected chi connectivity index (χ2v) is 8.50. The number of aliphatic hydroxyl groups excluding tert-OH is 1. The molecular formula is C20H26N2O4. The van der Waals surface area contributed by atoms with Gasteiger partial charge in [0.15, 0.2) is 0 Å². The zero-order chi connectivity index (χ0) is 18.3. The van der Waals surface area contributed by atoms with Crippen LogP contribution in [0.1, 0.15) is 25.3 Å². The van der Waals surface area contributed by atoms with Crippen LogP contribution in [0.3, 0.4) is 0 Å². The number of ether oxygens (including phenoxy) is 1. The van der Waals surface area contributed by atoms with E-state index < -0.39 is 17.6 Å². The van der Waals surface area contributed by atoms with E-state index in [1.54, 1.807) is 6.92 Å². The van der Waals surface area contributed by atoms with Crippen LogP contribution < -0.4 is 5.32 Å². The average Bonchev–Trinajstić information content (AvgIpc) is 3.18. The van der Waals surface area contributed by atoms with Crippen LogP contribution in [-0.4, -0.2) is 65.1 Å². The van der Waals surface area contributed by atoms with Gasteiger partial charge in [0.1, 0.15) is 5.60 Å². The molecule has 3 heterocycles. The number of hydrogen-bond donors (Lipinski definition) is 3. The zero-order valence-corrected chi connectivity index (χ0v) is 15.2. The highest BCUT2D eigenvalue weighted by molar-refractivity contribution is 5.78. The van der Waals surface area contributed by atoms with Gasteiger partial charge in [-0.2, -0.15) is 0 Å². The molecule has 1 aromatic carbocycles. The third kappa shape index (κ3) is 1.75. The Morgan fingerprint density at radius 1 is 1.42 bits per heavy atom. The molecule has 26 heavy (non-hydrogen) atoms. The zero-order valence-electron chi connectivity index (χ0n) is 15.2. The normalized spacial score (nSPS) is 44.0. The summed E-state index contributed by atoms with van der Waals surface area (Å²) in [4.78, 5) is 15.2. The summed E-state index contributed by atoms with van der Waals surface area (Å²) in [5.41, 5.74) is 0.933. The molecule has 3 aliphatic heterocycles. The molecule has 1 saturated carbocycles. The molecule has 5 rings (SSSR count). The van der Waals surface area contributed by atoms with E-state index in [0.717, 1.165) is 18.7 Å². The highest BCUT2D eigenvalue weighted by Gasteiger charge is 2.70. The summed E-state index contributed by atoms with van der Waals surface area (Å²) in [5.74, 6) is -1.10. The molecule has 0 aromatic heterocycles. The Balaban J connectivity index is 1.70. The maximum atomic E-state index is 12.9. The van der Waals surface area contributed by atoms with Crippen LogP contribution in [0.5, 0.6) is 0 Å². The van der Waals surface area contributed by atoms with Crippen LogP contribution in [0.2, 0.25) is 0 Å². The fourth-order valence-electron chi connectivity index (χ4n) is 6.55. The molecule has 6 heteroatoms. The van der Waals surface area contributed by atoms with E-state index in [-0.39, 0.29) is 29.4 Å². The number of methoxy groups -OCH3 is 1. The summed E-state index contributed by atoms with van der Waals surface area (Å²) < 4.78 is 5.18. The summed E-state index contributed by atoms with van der Waals surface area (Å²) in [7, 11) is 1.41. The molecule has 1 aliphatic carbocycles. The van der Waals surface area contributed by atoms with E-state index in [4.69, 9.17) is 4.74 Å². The van der Waals surface area contributed by atoms with Crippen molar-refractivity contribution < 1.29 is 19.7 Å². The fourth-order valence-corrected chi connectivity index (χ4v) is 6.55. The number of benzene rings is 1. The van der Waals surface area contributed by atoms with Crippen molar-refractivity contribution in [1.82, 2.24) is 4.90 Å². The first kappa shape index (κ1) is 16.5. The van der Waals surface area contributed by atoms with Crippen LogP contribution in [0.15, 0.2) is 24.3 Å². The minimum absolute atomic E-state index is 0.119. The van der Waals surface area contributed by atoms with Crippen LogP contribution in [0, 0.1) is 11.8 Å². The maximum absolute atomic E-state index is 12.9. The summed E-state index contributed by atoms with van der Waals surface area (Å²) >= 11 is 0. The number of rotatable bonds is 2. The van der Waals surface area contributed by atoms with Crippen LogP contribution in [0.25, 0.3) is 0 Å². The number of carbonyl (C=O) groups is 1. The number of nitrogens with zero attached hydrogens (tertiary/aromatic N) is 1. The van der Waals surface area contributed by atoms with Gasteiger partial charge in [0, 0.05) is 29.6 Å². The Morgan fingerprint density at radius 3 is 2.92 bits per heavy atom. The Labute approximate surface area is 153 Å². The number of anilines is 1. The lowest BCUT2D eigenvalue weighted by molar-refractivity contribution is -0.195. The number of carbonyl (C=O) groups excluding carboxylic acids is 1. The topological polar surface area (TPSA) is 82.0 Å². The van der Waals surface area contributed by atoms with Gasteiger partial charge in [0.2, 0.25) is 0 Å². The summed E-state index contributed by atoms with van der Waals surface area (Å²) in [6.45, 7) is 2.90. The smallest absolute Gasteiger partial charge is 0.311 e. The minimum atomic E-state index is -1.30. The van der Waals surface area contributed by atoms with Crippen molar-refractivity contribution in [2.75, 3.05) is 25.5 Å². The molecule has 7 atom stereocenters. The Bertz CT molecular complexity index is 768. The molecule has 2 saturated heterocycles. The van der Waals surface area contributed by atoms with E-state index in [0.29, 0.717) is 13.0 Å². The third-order valence-corrected chi connectivity index (χ3v) is 7.71. The van der Waals surface area contributed by atoms with Crippen molar-refractivity contribution in [3.8, 4) is 0 Å². The predicted molar refractivity (Wildman–Crippen MR) is 95.8 cm³/mol. The van der Waals surface area contributed by atoms with Crippen molar-refractivity contribution in [1.29, 1.82) is 0 Å². The minimum Gasteiger partial charge on any atom is -0.469 e. The first-order valence-electron chi connectivity index (χ1n) is 9.52. The summed E-state index contributed by atoms with van der Waals surface area (Å²) in [5, 5.41) is 25.4. The van der Waals surface area contributed by atoms with Crippen molar-refractivity contribution in [3.05, 3.63) is 29.8 Å². The molecule has 0 radical (unpaired) electrons. The number of nitrogens with one attached hydrogen (secondary N) is 1. The molecule has 4 aliphatic rings. The molecule has 0 amide bonds. The quantitative estimate of drug-likeness (QED) is 0.676. The standard InChI is InChI=1S/C20H26N2O4/c1-11(23)20(25)10-22-8-7-19-12-5-3-4-6-14(12)21-17(19)16(18(24)26-2)13(20)9-15(19)22/h3-6,11,13,15-17,21,23,25H,7-10H2,1-2H3/t11?,13-,15+,16-,17+,19-,20-/m1/s1. The van der Waals surface area contributed by atoms with E-state index >= 15 is 0 Å². The monoisotopic (exact) mass is 358 g/mol. The maximum Gasteiger partial charge on any atom is 0.311 e. The van der Waals surface area contributed by atoms with E-state index in [9.17, 15) is 15.0 Å². The number of para-hydroxylation sites is 1. The Kier molecular flexibility index (Phi) is 3.31. The van der Waals surface area contributed by atoms with Gasteiger partial charge in [-0.1, -0.05) is 18.2 Å². The number of hydrogen-bond acceptors (Lipinski definition) is 6. The van der Waals surface area contributed by atoms with Gasteiger partial charge < -0.3 is 20.3 Å². The van der Waals surface area contributed by atoms with Gasteiger partial charge in [-0.05, 0) is 37.9 Å². The van der Waals surface area contributed by atoms with E-state index in [1.165, 1.54) is 12.7 Å². The Morgan fingerprint density at radius 2 is 2.19 bits per heavy atom. The second kappa shape index (κ2) is 5.21. The average molecular weight is 358 g/mol. The summed E-state index contributed by atoms with van der Waals surface area (Å²) in [6, 6.07) is 8.48. The number of aliphatic hydroxyl groups is 2. The largest absolute Gasteiger partial charge is 0.469 e. The van der Waals surface area contributed by atoms with Crippen LogP contribution in [0.4, 0.5) is 5.69 Å². The first-order chi connectivity index (χ1) is 12.4. The molecule has 2 bridgehead atoms. The lowest BCUT2D eigenvalue weighted by Gasteiger charge is -2.59. The van der Waals surface area contributed by atoms with Gasteiger partial charge >= 0.3 is 5.97 Å². The van der Waals surface area contributed by atoms with Crippen LogP contribution >= 0.6 is 0 Å².